The van der Waals surface area contributed by atoms with E-state index in [-0.39, 0.29) is 5.91 Å². The largest absolute Gasteiger partial charge is 0.394 e. The molecule has 5 N–H and O–H groups in total. The van der Waals surface area contributed by atoms with Crippen LogP contribution in [0.4, 0.5) is 5.69 Å². The minimum Gasteiger partial charge on any atom is -0.394 e. The number of hydrogen-bond donors (Lipinski definition) is 5. The van der Waals surface area contributed by atoms with E-state index >= 15 is 0 Å². The summed E-state index contributed by atoms with van der Waals surface area (Å²) in [5.41, 5.74) is 1.31. The highest BCUT2D eigenvalue weighted by atomic mass is 16.5. The van der Waals surface area contributed by atoms with Crippen molar-refractivity contribution in [3.63, 3.8) is 0 Å². The van der Waals surface area contributed by atoms with Crippen LogP contribution in [0.5, 0.6) is 0 Å². The average Bonchev–Trinajstić information content (AvgIpc) is 2.67. The lowest BCUT2D eigenvalue weighted by Gasteiger charge is -2.40. The zero-order valence-corrected chi connectivity index (χ0v) is 13.8. The molecule has 2 heterocycles. The first-order valence-corrected chi connectivity index (χ1v) is 8.13. The molecule has 1 aliphatic heterocycles. The quantitative estimate of drug-likeness (QED) is 0.512. The van der Waals surface area contributed by atoms with Crippen molar-refractivity contribution in [1.82, 2.24) is 4.98 Å². The third-order valence-corrected chi connectivity index (χ3v) is 4.29. The highest BCUT2D eigenvalue weighted by Gasteiger charge is 2.43. The van der Waals surface area contributed by atoms with Gasteiger partial charge >= 0.3 is 0 Å². The topological polar surface area (TPSA) is 132 Å². The number of anilines is 1. The van der Waals surface area contributed by atoms with Gasteiger partial charge in [0.05, 0.1) is 18.5 Å². The van der Waals surface area contributed by atoms with E-state index in [0.29, 0.717) is 16.8 Å². The molecule has 26 heavy (non-hydrogen) atoms. The molecule has 2 aromatic rings. The summed E-state index contributed by atoms with van der Waals surface area (Å²) < 4.78 is 5.52. The van der Waals surface area contributed by atoms with Gasteiger partial charge in [0, 0.05) is 11.8 Å². The number of benzene rings is 1. The zero-order chi connectivity index (χ0) is 18.7. The van der Waals surface area contributed by atoms with Crippen LogP contribution in [0, 0.1) is 0 Å². The molecule has 138 valence electrons. The summed E-state index contributed by atoms with van der Waals surface area (Å²) in [6, 6.07) is 9.77. The van der Waals surface area contributed by atoms with Gasteiger partial charge in [-0.25, -0.2) is 0 Å². The van der Waals surface area contributed by atoms with Gasteiger partial charge in [-0.05, 0) is 29.8 Å². The molecule has 0 saturated carbocycles. The van der Waals surface area contributed by atoms with Gasteiger partial charge in [0.2, 0.25) is 0 Å². The van der Waals surface area contributed by atoms with Gasteiger partial charge in [-0.15, -0.1) is 0 Å². The summed E-state index contributed by atoms with van der Waals surface area (Å²) in [6.45, 7) is -0.511. The summed E-state index contributed by atoms with van der Waals surface area (Å²) >= 11 is 0. The third-order valence-electron chi connectivity index (χ3n) is 4.29. The van der Waals surface area contributed by atoms with Crippen LogP contribution >= 0.6 is 0 Å². The van der Waals surface area contributed by atoms with Crippen molar-refractivity contribution in [2.24, 2.45) is 0 Å². The van der Waals surface area contributed by atoms with Crippen molar-refractivity contribution < 1.29 is 30.0 Å². The number of aliphatic hydroxyl groups is 4. The maximum Gasteiger partial charge on any atom is 0.255 e. The number of amides is 1. The number of pyridine rings is 1. The Bertz CT molecular complexity index is 754. The predicted molar refractivity (Wildman–Crippen MR) is 91.4 cm³/mol. The molecule has 0 bridgehead atoms. The second-order valence-electron chi connectivity index (χ2n) is 6.07. The van der Waals surface area contributed by atoms with Crippen molar-refractivity contribution >= 4 is 11.6 Å². The Balaban J connectivity index is 1.81. The molecule has 3 rings (SSSR count). The average molecular weight is 360 g/mol. The lowest BCUT2D eigenvalue weighted by atomic mass is 9.90. The molecule has 8 nitrogen and oxygen atoms in total. The number of carbonyl (C=O) groups excluding carboxylic acids is 1. The van der Waals surface area contributed by atoms with E-state index in [2.05, 4.69) is 10.3 Å². The molecule has 8 heteroatoms. The van der Waals surface area contributed by atoms with E-state index in [1.54, 1.807) is 36.5 Å². The number of hydrogen-bond acceptors (Lipinski definition) is 7. The van der Waals surface area contributed by atoms with E-state index in [0.717, 1.165) is 0 Å². The number of aromatic nitrogens is 1. The van der Waals surface area contributed by atoms with Gasteiger partial charge < -0.3 is 30.5 Å². The molecule has 1 aliphatic rings. The maximum absolute atomic E-state index is 12.4. The smallest absolute Gasteiger partial charge is 0.255 e. The van der Waals surface area contributed by atoms with E-state index < -0.39 is 37.1 Å². The van der Waals surface area contributed by atoms with Gasteiger partial charge in [0.25, 0.3) is 5.91 Å². The zero-order valence-electron chi connectivity index (χ0n) is 13.8. The van der Waals surface area contributed by atoms with E-state index in [1.807, 2.05) is 0 Å². The number of rotatable bonds is 4. The molecule has 1 fully saturated rings. The Labute approximate surface area is 149 Å². The summed E-state index contributed by atoms with van der Waals surface area (Å²) in [6.07, 6.45) is -3.19. The molecule has 0 aliphatic carbocycles. The molecule has 5 atom stereocenters. The summed E-state index contributed by atoms with van der Waals surface area (Å²) in [5.74, 6) is -0.371. The summed E-state index contributed by atoms with van der Waals surface area (Å²) in [5, 5.41) is 42.0. The Morgan fingerprint density at radius 1 is 1.12 bits per heavy atom. The van der Waals surface area contributed by atoms with Gasteiger partial charge in [-0.1, -0.05) is 12.1 Å². The molecular formula is C18H20N2O6. The Morgan fingerprint density at radius 2 is 1.92 bits per heavy atom. The minimum absolute atomic E-state index is 0.323. The highest BCUT2D eigenvalue weighted by molar-refractivity contribution is 6.04. The Hall–Kier alpha value is -2.36. The van der Waals surface area contributed by atoms with Crippen molar-refractivity contribution in [3.05, 3.63) is 59.9 Å². The first-order valence-electron chi connectivity index (χ1n) is 8.13. The number of ether oxygens (including phenoxy) is 1. The summed E-state index contributed by atoms with van der Waals surface area (Å²) in [7, 11) is 0. The number of aliphatic hydroxyl groups excluding tert-OH is 4. The monoisotopic (exact) mass is 360 g/mol. The van der Waals surface area contributed by atoms with Crippen LogP contribution in [-0.4, -0.2) is 62.3 Å². The lowest BCUT2D eigenvalue weighted by molar-refractivity contribution is -0.231. The lowest BCUT2D eigenvalue weighted by Crippen LogP contribution is -2.55. The standard InChI is InChI=1S/C18H20N2O6/c21-9-13-14(22)15(23)16(24)17(26-13)10-3-1-4-11(7-10)18(25)20-12-5-2-6-19-8-12/h1-8,13-17,21-24H,9H2,(H,20,25)/t13-,14-,15+,16+,17-/m1/s1. The van der Waals surface area contributed by atoms with Crippen LogP contribution in [0.15, 0.2) is 48.8 Å². The minimum atomic E-state index is -1.47. The van der Waals surface area contributed by atoms with Crippen LogP contribution in [0.25, 0.3) is 0 Å². The molecule has 0 spiro atoms. The molecule has 1 aromatic carbocycles. The fourth-order valence-corrected chi connectivity index (χ4v) is 2.87. The molecular weight excluding hydrogens is 340 g/mol. The second-order valence-corrected chi connectivity index (χ2v) is 6.07. The van der Waals surface area contributed by atoms with Crippen LogP contribution in [0.2, 0.25) is 0 Å². The summed E-state index contributed by atoms with van der Waals surface area (Å²) in [4.78, 5) is 16.3. The van der Waals surface area contributed by atoms with E-state index in [9.17, 15) is 25.2 Å². The fraction of sp³-hybridized carbons (Fsp3) is 0.333. The molecule has 0 unspecified atom stereocenters. The van der Waals surface area contributed by atoms with Crippen molar-refractivity contribution in [2.75, 3.05) is 11.9 Å². The van der Waals surface area contributed by atoms with E-state index in [1.165, 1.54) is 12.3 Å². The van der Waals surface area contributed by atoms with Crippen LogP contribution in [-0.2, 0) is 4.74 Å². The highest BCUT2D eigenvalue weighted by Crippen LogP contribution is 2.32. The number of carbonyl (C=O) groups is 1. The second kappa shape index (κ2) is 7.90. The van der Waals surface area contributed by atoms with Gasteiger partial charge in [0.15, 0.2) is 0 Å². The van der Waals surface area contributed by atoms with E-state index in [4.69, 9.17) is 4.74 Å². The van der Waals surface area contributed by atoms with Crippen molar-refractivity contribution in [2.45, 2.75) is 30.5 Å². The SMILES string of the molecule is O=C(Nc1cccnc1)c1cccc([C@H]2O[C@H](CO)[C@@H](O)[C@H](O)[C@@H]2O)c1. The van der Waals surface area contributed by atoms with Crippen LogP contribution < -0.4 is 5.32 Å². The number of nitrogens with one attached hydrogen (secondary N) is 1. The Morgan fingerprint density at radius 3 is 2.62 bits per heavy atom. The maximum atomic E-state index is 12.4. The van der Waals surface area contributed by atoms with Gasteiger partial charge in [0.1, 0.15) is 30.5 Å². The normalized spacial score (nSPS) is 28.5. The molecule has 1 saturated heterocycles. The molecule has 0 radical (unpaired) electrons. The van der Waals surface area contributed by atoms with Crippen LogP contribution in [0.3, 0.4) is 0 Å². The predicted octanol–water partition coefficient (Wildman–Crippen LogP) is -0.151. The van der Waals surface area contributed by atoms with Crippen molar-refractivity contribution in [3.8, 4) is 0 Å². The molecule has 1 amide bonds. The van der Waals surface area contributed by atoms with Crippen molar-refractivity contribution in [1.29, 1.82) is 0 Å². The van der Waals surface area contributed by atoms with Gasteiger partial charge in [-0.2, -0.15) is 0 Å². The third kappa shape index (κ3) is 3.74. The molecule has 1 aromatic heterocycles. The first kappa shape index (κ1) is 18.4. The van der Waals surface area contributed by atoms with Gasteiger partial charge in [-0.3, -0.25) is 9.78 Å². The van der Waals surface area contributed by atoms with Crippen LogP contribution in [0.1, 0.15) is 22.0 Å². The Kier molecular flexibility index (Phi) is 5.60. The first-order chi connectivity index (χ1) is 12.5. The number of nitrogens with zero attached hydrogens (tertiary/aromatic N) is 1. The fourth-order valence-electron chi connectivity index (χ4n) is 2.87.